The molecule has 30 heavy (non-hydrogen) atoms. The number of ketones is 1. The molecule has 0 amide bonds. The maximum Gasteiger partial charge on any atom is 0.218 e. The Balaban J connectivity index is 1.78. The van der Waals surface area contributed by atoms with E-state index in [1.165, 1.54) is 5.56 Å². The molecule has 3 aromatic rings. The van der Waals surface area contributed by atoms with E-state index in [-0.39, 0.29) is 5.78 Å². The molecule has 0 heterocycles. The van der Waals surface area contributed by atoms with Crippen LogP contribution in [0.1, 0.15) is 25.3 Å². The van der Waals surface area contributed by atoms with E-state index in [1.54, 1.807) is 6.92 Å². The molecule has 0 aliphatic heterocycles. The normalized spacial score (nSPS) is 14.2. The van der Waals surface area contributed by atoms with Crippen LogP contribution >= 0.6 is 0 Å². The Labute approximate surface area is 178 Å². The molecule has 3 rings (SSSR count). The van der Waals surface area contributed by atoms with Crippen LogP contribution in [-0.4, -0.2) is 30.6 Å². The van der Waals surface area contributed by atoms with Crippen LogP contribution in [0.2, 0.25) is 0 Å². The molecule has 0 bridgehead atoms. The highest BCUT2D eigenvalue weighted by molar-refractivity contribution is 5.91. The summed E-state index contributed by atoms with van der Waals surface area (Å²) in [4.78, 5) is 13.2. The lowest BCUT2D eigenvalue weighted by Gasteiger charge is -2.32. The summed E-state index contributed by atoms with van der Waals surface area (Å²) in [6, 6.07) is 23.4. The Hall–Kier alpha value is -2.73. The number of hydrogen-bond donors (Lipinski definition) is 3. The van der Waals surface area contributed by atoms with Gasteiger partial charge in [-0.05, 0) is 61.2 Å². The third kappa shape index (κ3) is 5.66. The number of benzene rings is 3. The summed E-state index contributed by atoms with van der Waals surface area (Å²) in [5, 5.41) is 5.49. The summed E-state index contributed by atoms with van der Waals surface area (Å²) < 4.78 is 6.24. The van der Waals surface area contributed by atoms with Gasteiger partial charge in [-0.15, -0.1) is 0 Å². The smallest absolute Gasteiger partial charge is 0.218 e. The first-order valence-corrected chi connectivity index (χ1v) is 10.5. The number of Topliss-reactive ketones (excluding diaryl/α,β-unsaturated/α-hetero) is 1. The highest BCUT2D eigenvalue weighted by atomic mass is 16.5. The van der Waals surface area contributed by atoms with E-state index in [4.69, 9.17) is 16.2 Å². The first-order chi connectivity index (χ1) is 14.5. The van der Waals surface area contributed by atoms with E-state index >= 15 is 0 Å². The van der Waals surface area contributed by atoms with Gasteiger partial charge in [-0.2, -0.15) is 0 Å². The zero-order valence-corrected chi connectivity index (χ0v) is 17.5. The molecule has 0 aromatic heterocycles. The highest BCUT2D eigenvalue weighted by Crippen LogP contribution is 2.24. The van der Waals surface area contributed by atoms with Crippen LogP contribution in [0, 0.1) is 0 Å². The Morgan fingerprint density at radius 1 is 1.03 bits per heavy atom. The minimum atomic E-state index is -1.23. The number of carbonyl (C=O) groups is 1. The summed E-state index contributed by atoms with van der Waals surface area (Å²) >= 11 is 0. The lowest BCUT2D eigenvalue weighted by atomic mass is 9.98. The van der Waals surface area contributed by atoms with Crippen molar-refractivity contribution in [2.24, 2.45) is 11.5 Å². The van der Waals surface area contributed by atoms with Gasteiger partial charge < -0.3 is 16.2 Å². The summed E-state index contributed by atoms with van der Waals surface area (Å²) in [5.41, 5.74) is 11.7. The van der Waals surface area contributed by atoms with Gasteiger partial charge in [-0.1, -0.05) is 60.7 Å². The average Bonchev–Trinajstić information content (AvgIpc) is 2.77. The van der Waals surface area contributed by atoms with Crippen molar-refractivity contribution in [1.82, 2.24) is 5.32 Å². The van der Waals surface area contributed by atoms with E-state index in [0.29, 0.717) is 31.7 Å². The van der Waals surface area contributed by atoms with Crippen molar-refractivity contribution < 1.29 is 9.53 Å². The average molecular weight is 406 g/mol. The van der Waals surface area contributed by atoms with Crippen molar-refractivity contribution in [3.8, 4) is 5.75 Å². The van der Waals surface area contributed by atoms with Crippen LogP contribution < -0.4 is 21.5 Å². The fraction of sp³-hybridized carbons (Fsp3) is 0.320. The van der Waals surface area contributed by atoms with Crippen LogP contribution in [-0.2, 0) is 11.2 Å². The van der Waals surface area contributed by atoms with Gasteiger partial charge in [0.2, 0.25) is 11.5 Å². The largest absolute Gasteiger partial charge is 0.466 e. The minimum absolute atomic E-state index is 0.169. The van der Waals surface area contributed by atoms with Gasteiger partial charge in [0, 0.05) is 6.54 Å². The van der Waals surface area contributed by atoms with Crippen molar-refractivity contribution in [2.45, 2.75) is 38.0 Å². The summed E-state index contributed by atoms with van der Waals surface area (Å²) in [6.07, 6.45) is 2.01. The Morgan fingerprint density at radius 3 is 2.47 bits per heavy atom. The molecule has 5 N–H and O–H groups in total. The van der Waals surface area contributed by atoms with E-state index < -0.39 is 11.8 Å². The van der Waals surface area contributed by atoms with Gasteiger partial charge in [0.25, 0.3) is 0 Å². The Kier molecular flexibility index (Phi) is 7.57. The summed E-state index contributed by atoms with van der Waals surface area (Å²) in [7, 11) is 0. The molecule has 0 fully saturated rings. The standard InChI is InChI=1S/C25H31N3O2/c1-25(24(29)23(27)12-7-16-26,28-17-15-19-8-3-2-4-9-19)30-22-14-13-20-10-5-6-11-21(20)18-22/h2-6,8-11,13-14,18,23,28H,7,12,15-17,26-27H2,1H3/t23-,25?/m1/s1. The van der Waals surface area contributed by atoms with Crippen molar-refractivity contribution in [1.29, 1.82) is 0 Å². The molecular weight excluding hydrogens is 374 g/mol. The summed E-state index contributed by atoms with van der Waals surface area (Å²) in [5.74, 6) is 0.458. The fourth-order valence-electron chi connectivity index (χ4n) is 3.55. The molecule has 0 radical (unpaired) electrons. The maximum absolute atomic E-state index is 13.2. The van der Waals surface area contributed by atoms with Gasteiger partial charge in [-0.3, -0.25) is 10.1 Å². The fourth-order valence-corrected chi connectivity index (χ4v) is 3.55. The van der Waals surface area contributed by atoms with Crippen molar-refractivity contribution in [3.05, 3.63) is 78.4 Å². The van der Waals surface area contributed by atoms with Crippen LogP contribution in [0.5, 0.6) is 5.75 Å². The predicted octanol–water partition coefficient (Wildman–Crippen LogP) is 3.40. The third-order valence-corrected chi connectivity index (χ3v) is 5.29. The van der Waals surface area contributed by atoms with Gasteiger partial charge >= 0.3 is 0 Å². The molecular formula is C25H31N3O2. The quantitative estimate of drug-likeness (QED) is 0.425. The van der Waals surface area contributed by atoms with Crippen molar-refractivity contribution >= 4 is 16.6 Å². The number of carbonyl (C=O) groups excluding carboxylic acids is 1. The van der Waals surface area contributed by atoms with E-state index in [1.807, 2.05) is 60.7 Å². The Morgan fingerprint density at radius 2 is 1.73 bits per heavy atom. The zero-order chi connectivity index (χ0) is 21.4. The zero-order valence-electron chi connectivity index (χ0n) is 17.5. The molecule has 5 nitrogen and oxygen atoms in total. The van der Waals surface area contributed by atoms with Gasteiger partial charge in [0.05, 0.1) is 6.04 Å². The Bertz CT molecular complexity index is 961. The van der Waals surface area contributed by atoms with E-state index in [0.717, 1.165) is 17.2 Å². The summed E-state index contributed by atoms with van der Waals surface area (Å²) in [6.45, 7) is 2.85. The van der Waals surface area contributed by atoms with Gasteiger partial charge in [-0.25, -0.2) is 0 Å². The monoisotopic (exact) mass is 405 g/mol. The van der Waals surface area contributed by atoms with Crippen LogP contribution in [0.15, 0.2) is 72.8 Å². The molecule has 2 atom stereocenters. The maximum atomic E-state index is 13.2. The second-order valence-electron chi connectivity index (χ2n) is 7.71. The molecule has 158 valence electrons. The van der Waals surface area contributed by atoms with E-state index in [9.17, 15) is 4.79 Å². The molecule has 1 unspecified atom stereocenters. The topological polar surface area (TPSA) is 90.4 Å². The molecule has 0 saturated carbocycles. The molecule has 0 aliphatic carbocycles. The third-order valence-electron chi connectivity index (χ3n) is 5.29. The van der Waals surface area contributed by atoms with Crippen molar-refractivity contribution in [2.75, 3.05) is 13.1 Å². The molecule has 0 aliphatic rings. The predicted molar refractivity (Wildman–Crippen MR) is 122 cm³/mol. The second-order valence-corrected chi connectivity index (χ2v) is 7.71. The van der Waals surface area contributed by atoms with E-state index in [2.05, 4.69) is 17.4 Å². The molecule has 3 aromatic carbocycles. The molecule has 0 spiro atoms. The van der Waals surface area contributed by atoms with Crippen LogP contribution in [0.4, 0.5) is 0 Å². The van der Waals surface area contributed by atoms with Crippen molar-refractivity contribution in [3.63, 3.8) is 0 Å². The van der Waals surface area contributed by atoms with Gasteiger partial charge in [0.15, 0.2) is 0 Å². The number of rotatable bonds is 11. The number of hydrogen-bond acceptors (Lipinski definition) is 5. The number of nitrogens with one attached hydrogen (secondary N) is 1. The second kappa shape index (κ2) is 10.3. The lowest BCUT2D eigenvalue weighted by molar-refractivity contribution is -0.137. The van der Waals surface area contributed by atoms with Crippen LogP contribution in [0.25, 0.3) is 10.8 Å². The number of nitrogens with two attached hydrogens (primary N) is 2. The lowest BCUT2D eigenvalue weighted by Crippen LogP contribution is -2.60. The van der Waals surface area contributed by atoms with Gasteiger partial charge in [0.1, 0.15) is 5.75 Å². The molecule has 0 saturated heterocycles. The minimum Gasteiger partial charge on any atom is -0.466 e. The number of fused-ring (bicyclic) bond motifs is 1. The first-order valence-electron chi connectivity index (χ1n) is 10.5. The van der Waals surface area contributed by atoms with Crippen LogP contribution in [0.3, 0.4) is 0 Å². The number of ether oxygens (including phenoxy) is 1. The molecule has 5 heteroatoms. The SMILES string of the molecule is CC(NCCc1ccccc1)(Oc1ccc2ccccc2c1)C(=O)[C@H](N)CCCN. The highest BCUT2D eigenvalue weighted by Gasteiger charge is 2.38. The first kappa shape index (κ1) is 22.0.